The molecule has 100 valence electrons. The van der Waals surface area contributed by atoms with Crippen molar-refractivity contribution in [3.8, 4) is 0 Å². The van der Waals surface area contributed by atoms with Crippen LogP contribution in [0.5, 0.6) is 0 Å². The minimum Gasteiger partial charge on any atom is -0.398 e. The number of rotatable bonds is 4. The maximum absolute atomic E-state index is 13.1. The number of nitrogens with two attached hydrogens (primary N) is 1. The normalized spacial score (nSPS) is 16.8. The van der Waals surface area contributed by atoms with Gasteiger partial charge in [-0.3, -0.25) is 0 Å². The molecule has 6 heteroatoms. The summed E-state index contributed by atoms with van der Waals surface area (Å²) < 4.78 is 38.9. The van der Waals surface area contributed by atoms with Gasteiger partial charge >= 0.3 is 0 Å². The minimum absolute atomic E-state index is 0.0804. The Balaban J connectivity index is 2.25. The maximum Gasteiger partial charge on any atom is 0.244 e. The van der Waals surface area contributed by atoms with Gasteiger partial charge in [0.1, 0.15) is 10.7 Å². The Bertz CT molecular complexity index is 541. The Kier molecular flexibility index (Phi) is 3.59. The highest BCUT2D eigenvalue weighted by atomic mass is 32.2. The van der Waals surface area contributed by atoms with Crippen molar-refractivity contribution < 1.29 is 12.8 Å². The Hall–Kier alpha value is -1.14. The highest BCUT2D eigenvalue weighted by molar-refractivity contribution is 7.89. The molecule has 18 heavy (non-hydrogen) atoms. The lowest BCUT2D eigenvalue weighted by Gasteiger charge is -2.29. The molecule has 0 amide bonds. The van der Waals surface area contributed by atoms with Crippen LogP contribution in [0.2, 0.25) is 0 Å². The first-order chi connectivity index (χ1) is 8.41. The van der Waals surface area contributed by atoms with Gasteiger partial charge < -0.3 is 5.73 Å². The highest BCUT2D eigenvalue weighted by Crippen LogP contribution is 2.29. The van der Waals surface area contributed by atoms with Gasteiger partial charge in [-0.05, 0) is 37.0 Å². The highest BCUT2D eigenvalue weighted by Gasteiger charge is 2.28. The van der Waals surface area contributed by atoms with Crippen molar-refractivity contribution in [3.05, 3.63) is 24.0 Å². The van der Waals surface area contributed by atoms with E-state index in [-0.39, 0.29) is 10.6 Å². The summed E-state index contributed by atoms with van der Waals surface area (Å²) in [6.07, 6.45) is 3.26. The van der Waals surface area contributed by atoms with Crippen LogP contribution in [0.25, 0.3) is 0 Å². The van der Waals surface area contributed by atoms with E-state index in [0.717, 1.165) is 31.4 Å². The molecule has 0 heterocycles. The van der Waals surface area contributed by atoms with E-state index < -0.39 is 15.8 Å². The van der Waals surface area contributed by atoms with Crippen LogP contribution in [0.1, 0.15) is 19.3 Å². The van der Waals surface area contributed by atoms with Crippen LogP contribution >= 0.6 is 0 Å². The van der Waals surface area contributed by atoms with Gasteiger partial charge in [0.2, 0.25) is 10.0 Å². The molecule has 0 unspecified atom stereocenters. The Morgan fingerprint density at radius 2 is 2.11 bits per heavy atom. The maximum atomic E-state index is 13.1. The largest absolute Gasteiger partial charge is 0.398 e. The number of halogens is 1. The van der Waals surface area contributed by atoms with Crippen LogP contribution < -0.4 is 5.73 Å². The molecule has 0 aromatic heterocycles. The second-order valence-electron chi connectivity index (χ2n) is 4.76. The predicted octanol–water partition coefficient (Wildman–Crippen LogP) is 1.83. The summed E-state index contributed by atoms with van der Waals surface area (Å²) in [4.78, 5) is -0.149. The minimum atomic E-state index is -3.70. The van der Waals surface area contributed by atoms with E-state index in [1.807, 2.05) is 0 Å². The van der Waals surface area contributed by atoms with Crippen molar-refractivity contribution in [2.75, 3.05) is 19.3 Å². The average molecular weight is 272 g/mol. The first-order valence-electron chi connectivity index (χ1n) is 5.92. The summed E-state index contributed by atoms with van der Waals surface area (Å²) >= 11 is 0. The zero-order valence-electron chi connectivity index (χ0n) is 10.3. The van der Waals surface area contributed by atoms with Gasteiger partial charge in [0, 0.05) is 13.6 Å². The first-order valence-corrected chi connectivity index (χ1v) is 7.36. The fourth-order valence-electron chi connectivity index (χ4n) is 2.04. The molecule has 1 fully saturated rings. The number of anilines is 1. The first kappa shape index (κ1) is 13.3. The lowest BCUT2D eigenvalue weighted by atomic mass is 9.86. The van der Waals surface area contributed by atoms with Crippen molar-refractivity contribution >= 4 is 15.7 Å². The molecule has 2 rings (SSSR count). The topological polar surface area (TPSA) is 63.4 Å². The molecule has 0 saturated heterocycles. The molecule has 1 aromatic rings. The van der Waals surface area contributed by atoms with E-state index in [0.29, 0.717) is 12.5 Å². The zero-order valence-corrected chi connectivity index (χ0v) is 11.1. The van der Waals surface area contributed by atoms with Crippen molar-refractivity contribution in [2.24, 2.45) is 5.92 Å². The number of hydrogen-bond acceptors (Lipinski definition) is 3. The van der Waals surface area contributed by atoms with Gasteiger partial charge in [-0.1, -0.05) is 6.42 Å². The predicted molar refractivity (Wildman–Crippen MR) is 68.0 cm³/mol. The lowest BCUT2D eigenvalue weighted by Crippen LogP contribution is -2.34. The third-order valence-electron chi connectivity index (χ3n) is 3.40. The molecule has 0 atom stereocenters. The molecule has 0 aliphatic heterocycles. The summed E-state index contributed by atoms with van der Waals surface area (Å²) in [5.41, 5.74) is 5.70. The number of hydrogen-bond donors (Lipinski definition) is 1. The van der Waals surface area contributed by atoms with Gasteiger partial charge in [0.25, 0.3) is 0 Å². The Labute approximate surface area is 107 Å². The summed E-state index contributed by atoms with van der Waals surface area (Å²) in [6.45, 7) is 0.471. The molecule has 1 aliphatic rings. The van der Waals surface area contributed by atoms with Crippen LogP contribution in [0.3, 0.4) is 0 Å². The average Bonchev–Trinajstić information content (AvgIpc) is 2.26. The number of nitrogens with zero attached hydrogens (tertiary/aromatic N) is 1. The van der Waals surface area contributed by atoms with Gasteiger partial charge in [-0.2, -0.15) is 0 Å². The van der Waals surface area contributed by atoms with Crippen molar-refractivity contribution in [3.63, 3.8) is 0 Å². The zero-order chi connectivity index (χ0) is 13.3. The van der Waals surface area contributed by atoms with Crippen LogP contribution in [-0.2, 0) is 10.0 Å². The number of benzene rings is 1. The molecular formula is C12H17FN2O2S. The second kappa shape index (κ2) is 4.85. The Morgan fingerprint density at radius 3 is 2.67 bits per heavy atom. The second-order valence-corrected chi connectivity index (χ2v) is 6.78. The summed E-state index contributed by atoms with van der Waals surface area (Å²) in [7, 11) is -2.18. The fraction of sp³-hybridized carbons (Fsp3) is 0.500. The van der Waals surface area contributed by atoms with Crippen LogP contribution in [-0.4, -0.2) is 26.3 Å². The van der Waals surface area contributed by atoms with Gasteiger partial charge in [0.15, 0.2) is 0 Å². The van der Waals surface area contributed by atoms with E-state index in [1.54, 1.807) is 0 Å². The van der Waals surface area contributed by atoms with Crippen molar-refractivity contribution in [1.82, 2.24) is 4.31 Å². The molecule has 0 spiro atoms. The molecule has 0 radical (unpaired) electrons. The van der Waals surface area contributed by atoms with Crippen LogP contribution in [0.15, 0.2) is 23.1 Å². The van der Waals surface area contributed by atoms with E-state index in [1.165, 1.54) is 17.4 Å². The molecule has 2 N–H and O–H groups in total. The van der Waals surface area contributed by atoms with E-state index >= 15 is 0 Å². The third-order valence-corrected chi connectivity index (χ3v) is 5.28. The Morgan fingerprint density at radius 1 is 1.44 bits per heavy atom. The summed E-state index contributed by atoms with van der Waals surface area (Å²) in [6, 6.07) is 3.40. The molecule has 1 aliphatic carbocycles. The van der Waals surface area contributed by atoms with Crippen molar-refractivity contribution in [1.29, 1.82) is 0 Å². The molecule has 1 saturated carbocycles. The van der Waals surface area contributed by atoms with E-state index in [9.17, 15) is 12.8 Å². The van der Waals surface area contributed by atoms with Gasteiger partial charge in [-0.25, -0.2) is 17.1 Å². The smallest absolute Gasteiger partial charge is 0.244 e. The molecule has 4 nitrogen and oxygen atoms in total. The summed E-state index contributed by atoms with van der Waals surface area (Å²) in [5, 5.41) is 0. The number of sulfonamides is 1. The van der Waals surface area contributed by atoms with E-state index in [2.05, 4.69) is 0 Å². The third kappa shape index (κ3) is 2.49. The van der Waals surface area contributed by atoms with Gasteiger partial charge in [-0.15, -0.1) is 0 Å². The van der Waals surface area contributed by atoms with Crippen LogP contribution in [0.4, 0.5) is 10.1 Å². The SMILES string of the molecule is CN(CC1CCC1)S(=O)(=O)c1cc(F)ccc1N. The summed E-state index contributed by atoms with van der Waals surface area (Å²) in [5.74, 6) is -0.181. The van der Waals surface area contributed by atoms with Crippen LogP contribution in [0, 0.1) is 11.7 Å². The van der Waals surface area contributed by atoms with E-state index in [4.69, 9.17) is 5.73 Å². The fourth-order valence-corrected chi connectivity index (χ4v) is 3.41. The molecular weight excluding hydrogens is 255 g/mol. The number of nitrogen functional groups attached to an aromatic ring is 1. The quantitative estimate of drug-likeness (QED) is 0.850. The molecule has 0 bridgehead atoms. The monoisotopic (exact) mass is 272 g/mol. The standard InChI is InChI=1S/C12H17FN2O2S/c1-15(8-9-3-2-4-9)18(16,17)12-7-10(13)5-6-11(12)14/h5-7,9H,2-4,8,14H2,1H3. The lowest BCUT2D eigenvalue weighted by molar-refractivity contribution is 0.263. The van der Waals surface area contributed by atoms with Gasteiger partial charge in [0.05, 0.1) is 5.69 Å². The van der Waals surface area contributed by atoms with Crippen molar-refractivity contribution in [2.45, 2.75) is 24.2 Å². The molecule has 1 aromatic carbocycles.